The van der Waals surface area contributed by atoms with Crippen molar-refractivity contribution >= 4 is 28.9 Å². The van der Waals surface area contributed by atoms with E-state index in [1.807, 2.05) is 36.6 Å². The lowest BCUT2D eigenvalue weighted by Gasteiger charge is -2.22. The van der Waals surface area contributed by atoms with Gasteiger partial charge < -0.3 is 15.4 Å². The average Bonchev–Trinajstić information content (AvgIpc) is 3.37. The summed E-state index contributed by atoms with van der Waals surface area (Å²) in [5, 5.41) is 8.56. The molecule has 2 N–H and O–H groups in total. The highest BCUT2D eigenvalue weighted by Crippen LogP contribution is 2.20. The van der Waals surface area contributed by atoms with Gasteiger partial charge in [-0.1, -0.05) is 12.5 Å². The van der Waals surface area contributed by atoms with Gasteiger partial charge in [-0.25, -0.2) is 29.7 Å². The first-order valence-electron chi connectivity index (χ1n) is 12.0. The molecular weight excluding hydrogens is 474 g/mol. The van der Waals surface area contributed by atoms with Crippen LogP contribution >= 0.6 is 11.3 Å². The van der Waals surface area contributed by atoms with E-state index in [1.165, 1.54) is 24.2 Å². The normalized spacial score (nSPS) is 15.4. The topological polar surface area (TPSA) is 115 Å². The minimum absolute atomic E-state index is 0.254. The zero-order valence-corrected chi connectivity index (χ0v) is 20.8. The van der Waals surface area contributed by atoms with E-state index < -0.39 is 0 Å². The van der Waals surface area contributed by atoms with E-state index in [4.69, 9.17) is 4.74 Å². The fraction of sp³-hybridized carbons (Fsp3) is 0.308. The third kappa shape index (κ3) is 6.27. The first-order chi connectivity index (χ1) is 17.6. The molecule has 36 heavy (non-hydrogen) atoms. The van der Waals surface area contributed by atoms with Crippen LogP contribution in [0, 0.1) is 6.92 Å². The number of aryl methyl sites for hydroxylation is 1. The monoisotopic (exact) mass is 501 g/mol. The van der Waals surface area contributed by atoms with Crippen molar-refractivity contribution in [2.24, 2.45) is 0 Å². The molecule has 4 aromatic heterocycles. The molecule has 0 aliphatic carbocycles. The first-order valence-corrected chi connectivity index (χ1v) is 12.8. The molecule has 5 rings (SSSR count). The largest absolute Gasteiger partial charge is 0.460 e. The van der Waals surface area contributed by atoms with Gasteiger partial charge in [0.15, 0.2) is 5.82 Å². The van der Waals surface area contributed by atoms with E-state index in [1.54, 1.807) is 24.5 Å². The fourth-order valence-corrected chi connectivity index (χ4v) is 4.78. The van der Waals surface area contributed by atoms with Crippen LogP contribution in [-0.4, -0.2) is 50.1 Å². The Morgan fingerprint density at radius 1 is 1.11 bits per heavy atom. The molecule has 4 aromatic rings. The molecular formula is C26H27N7O2S. The smallest absolute Gasteiger partial charge is 0.348 e. The second-order valence-corrected chi connectivity index (χ2v) is 9.57. The number of piperidine rings is 1. The highest BCUT2D eigenvalue weighted by molar-refractivity contribution is 7.12. The number of ether oxygens (including phenoxy) is 1. The van der Waals surface area contributed by atoms with Gasteiger partial charge in [-0.05, 0) is 67.6 Å². The van der Waals surface area contributed by atoms with Gasteiger partial charge in [0.1, 0.15) is 34.6 Å². The van der Waals surface area contributed by atoms with Crippen molar-refractivity contribution in [3.8, 4) is 11.5 Å². The van der Waals surface area contributed by atoms with E-state index in [9.17, 15) is 4.79 Å². The highest BCUT2D eigenvalue weighted by Gasteiger charge is 2.17. The van der Waals surface area contributed by atoms with Crippen LogP contribution in [0.4, 0.5) is 11.6 Å². The second-order valence-electron chi connectivity index (χ2n) is 8.65. The summed E-state index contributed by atoms with van der Waals surface area (Å²) in [5.74, 6) is 2.13. The number of pyridine rings is 1. The van der Waals surface area contributed by atoms with Crippen molar-refractivity contribution in [3.05, 3.63) is 76.1 Å². The molecule has 9 nitrogen and oxygen atoms in total. The van der Waals surface area contributed by atoms with Gasteiger partial charge in [-0.15, -0.1) is 11.3 Å². The standard InChI is InChI=1S/C26H27N7O2S/c1-17-5-4-7-20(30-17)25-29-12-9-23(33-25)31-22-8-11-28-24(32-22)14-18-13-21(36-16-18)26(34)35-15-19-6-2-3-10-27-19/h4-5,7-9,11-13,16,19,27H,2-3,6,10,14-15H2,1H3,(H,28,29,31,32,33)/t19-/m1/s1. The van der Waals surface area contributed by atoms with Gasteiger partial charge in [0.2, 0.25) is 0 Å². The maximum atomic E-state index is 12.5. The predicted molar refractivity (Wildman–Crippen MR) is 138 cm³/mol. The van der Waals surface area contributed by atoms with Crippen LogP contribution < -0.4 is 10.6 Å². The summed E-state index contributed by atoms with van der Waals surface area (Å²) in [4.78, 5) is 35.4. The third-order valence-corrected chi connectivity index (χ3v) is 6.74. The van der Waals surface area contributed by atoms with Gasteiger partial charge in [-0.2, -0.15) is 0 Å². The summed E-state index contributed by atoms with van der Waals surface area (Å²) in [7, 11) is 0. The summed E-state index contributed by atoms with van der Waals surface area (Å²) < 4.78 is 5.52. The Kier molecular flexibility index (Phi) is 7.53. The quantitative estimate of drug-likeness (QED) is 0.340. The SMILES string of the molecule is Cc1cccc(-c2nccc(Nc3ccnc(Cc4csc(C(=O)OC[C@H]5CCCCN5)c4)n3)n2)n1. The summed E-state index contributed by atoms with van der Waals surface area (Å²) in [5.41, 5.74) is 2.58. The van der Waals surface area contributed by atoms with Crippen LogP contribution in [0.1, 0.15) is 46.0 Å². The molecule has 1 aliphatic heterocycles. The van der Waals surface area contributed by atoms with Crippen molar-refractivity contribution < 1.29 is 9.53 Å². The molecule has 0 aromatic carbocycles. The summed E-state index contributed by atoms with van der Waals surface area (Å²) >= 11 is 1.38. The predicted octanol–water partition coefficient (Wildman–Crippen LogP) is 4.33. The Hall–Kier alpha value is -3.76. The number of nitrogens with zero attached hydrogens (tertiary/aromatic N) is 5. The molecule has 0 unspecified atom stereocenters. The van der Waals surface area contributed by atoms with Crippen molar-refractivity contribution in [3.63, 3.8) is 0 Å². The minimum atomic E-state index is -0.280. The van der Waals surface area contributed by atoms with E-state index in [-0.39, 0.29) is 12.0 Å². The average molecular weight is 502 g/mol. The third-order valence-electron chi connectivity index (χ3n) is 5.78. The van der Waals surface area contributed by atoms with Gasteiger partial charge in [0.05, 0.1) is 0 Å². The summed E-state index contributed by atoms with van der Waals surface area (Å²) in [6.45, 7) is 3.33. The van der Waals surface area contributed by atoms with Crippen LogP contribution in [0.15, 0.2) is 54.2 Å². The molecule has 1 fully saturated rings. The molecule has 1 saturated heterocycles. The maximum absolute atomic E-state index is 12.5. The second kappa shape index (κ2) is 11.3. The minimum Gasteiger partial charge on any atom is -0.460 e. The van der Waals surface area contributed by atoms with Crippen molar-refractivity contribution in [1.29, 1.82) is 0 Å². The lowest BCUT2D eigenvalue weighted by molar-refractivity contribution is 0.0457. The molecule has 1 aliphatic rings. The Morgan fingerprint density at radius 3 is 2.81 bits per heavy atom. The van der Waals surface area contributed by atoms with E-state index in [2.05, 4.69) is 35.6 Å². The molecule has 184 valence electrons. The number of carbonyl (C=O) groups is 1. The first kappa shape index (κ1) is 24.0. The molecule has 5 heterocycles. The fourth-order valence-electron chi connectivity index (χ4n) is 3.98. The van der Waals surface area contributed by atoms with Crippen LogP contribution in [0.2, 0.25) is 0 Å². The van der Waals surface area contributed by atoms with Crippen LogP contribution in [0.3, 0.4) is 0 Å². The zero-order chi connectivity index (χ0) is 24.7. The molecule has 0 spiro atoms. The number of esters is 1. The summed E-state index contributed by atoms with van der Waals surface area (Å²) in [6, 6.07) is 11.4. The van der Waals surface area contributed by atoms with Crippen molar-refractivity contribution in [2.45, 2.75) is 38.6 Å². The van der Waals surface area contributed by atoms with Crippen LogP contribution in [0.25, 0.3) is 11.5 Å². The number of carbonyl (C=O) groups excluding carboxylic acids is 1. The van der Waals surface area contributed by atoms with Gasteiger partial charge in [0.25, 0.3) is 0 Å². The molecule has 0 amide bonds. The van der Waals surface area contributed by atoms with Crippen LogP contribution in [-0.2, 0) is 11.2 Å². The van der Waals surface area contributed by atoms with Gasteiger partial charge in [0, 0.05) is 30.6 Å². The number of aromatic nitrogens is 5. The van der Waals surface area contributed by atoms with E-state index in [0.29, 0.717) is 46.9 Å². The van der Waals surface area contributed by atoms with Gasteiger partial charge >= 0.3 is 5.97 Å². The lowest BCUT2D eigenvalue weighted by atomic mass is 10.1. The Labute approximate surface area is 213 Å². The summed E-state index contributed by atoms with van der Waals surface area (Å²) in [6.07, 6.45) is 7.30. The van der Waals surface area contributed by atoms with Gasteiger partial charge in [-0.3, -0.25) is 0 Å². The molecule has 1 atom stereocenters. The molecule has 0 bridgehead atoms. The van der Waals surface area contributed by atoms with Crippen molar-refractivity contribution in [2.75, 3.05) is 18.5 Å². The zero-order valence-electron chi connectivity index (χ0n) is 20.0. The molecule has 0 saturated carbocycles. The molecule has 10 heteroatoms. The number of hydrogen-bond donors (Lipinski definition) is 2. The van der Waals surface area contributed by atoms with Crippen molar-refractivity contribution in [1.82, 2.24) is 30.2 Å². The number of anilines is 2. The molecule has 0 radical (unpaired) electrons. The Balaban J connectivity index is 1.21. The number of rotatable bonds is 8. The maximum Gasteiger partial charge on any atom is 0.348 e. The van der Waals surface area contributed by atoms with E-state index in [0.717, 1.165) is 24.2 Å². The number of hydrogen-bond acceptors (Lipinski definition) is 10. The number of thiophene rings is 1. The lowest BCUT2D eigenvalue weighted by Crippen LogP contribution is -2.38. The Morgan fingerprint density at radius 2 is 1.97 bits per heavy atom. The highest BCUT2D eigenvalue weighted by atomic mass is 32.1. The number of nitrogens with one attached hydrogen (secondary N) is 2. The van der Waals surface area contributed by atoms with Crippen LogP contribution in [0.5, 0.6) is 0 Å². The van der Waals surface area contributed by atoms with E-state index >= 15 is 0 Å². The Bertz CT molecular complexity index is 1340.